The van der Waals surface area contributed by atoms with Gasteiger partial charge in [-0.1, -0.05) is 53.2 Å². The van der Waals surface area contributed by atoms with E-state index in [1.807, 2.05) is 30.3 Å². The predicted molar refractivity (Wildman–Crippen MR) is 83.1 cm³/mol. The van der Waals surface area contributed by atoms with Crippen molar-refractivity contribution in [3.63, 3.8) is 0 Å². The van der Waals surface area contributed by atoms with Crippen molar-refractivity contribution in [3.05, 3.63) is 70.9 Å². The van der Waals surface area contributed by atoms with Crippen LogP contribution in [0.15, 0.2) is 59.1 Å². The maximum atomic E-state index is 12.4. The van der Waals surface area contributed by atoms with Gasteiger partial charge in [-0.15, -0.1) is 0 Å². The monoisotopic (exact) mass is 313 g/mol. The summed E-state index contributed by atoms with van der Waals surface area (Å²) >= 11 is 5.89. The molecular formula is C17H12ClNO3. The molecule has 3 rings (SSSR count). The zero-order valence-corrected chi connectivity index (χ0v) is 12.5. The maximum absolute atomic E-state index is 12.4. The van der Waals surface area contributed by atoms with Crippen LogP contribution in [0, 0.1) is 6.92 Å². The normalized spacial score (nSPS) is 10.5. The smallest absolute Gasteiger partial charge is 0.349 e. The average molecular weight is 314 g/mol. The third-order valence-electron chi connectivity index (χ3n) is 3.12. The molecule has 0 spiro atoms. The van der Waals surface area contributed by atoms with E-state index in [9.17, 15) is 4.79 Å². The lowest BCUT2D eigenvalue weighted by molar-refractivity contribution is 0.0733. The number of halogens is 1. The van der Waals surface area contributed by atoms with Crippen LogP contribution in [-0.2, 0) is 0 Å². The molecule has 0 aliphatic heterocycles. The third-order valence-corrected chi connectivity index (χ3v) is 3.36. The first-order valence-electron chi connectivity index (χ1n) is 6.64. The molecule has 2 aromatic carbocycles. The van der Waals surface area contributed by atoms with Gasteiger partial charge in [0.2, 0.25) is 0 Å². The van der Waals surface area contributed by atoms with Crippen molar-refractivity contribution < 1.29 is 14.1 Å². The number of nitrogens with zero attached hydrogens (tertiary/aromatic N) is 1. The highest BCUT2D eigenvalue weighted by Crippen LogP contribution is 2.27. The SMILES string of the molecule is Cc1onc(-c2ccccc2)c1C(=O)Oc1cccc(Cl)c1. The Hall–Kier alpha value is -2.59. The number of carbonyl (C=O) groups excluding carboxylic acids is 1. The largest absolute Gasteiger partial charge is 0.423 e. The molecule has 4 nitrogen and oxygen atoms in total. The molecule has 1 aromatic heterocycles. The molecule has 1 heterocycles. The second-order valence-electron chi connectivity index (χ2n) is 4.68. The second kappa shape index (κ2) is 6.03. The molecule has 0 atom stereocenters. The van der Waals surface area contributed by atoms with E-state index in [2.05, 4.69) is 5.16 Å². The summed E-state index contributed by atoms with van der Waals surface area (Å²) in [4.78, 5) is 12.4. The highest BCUT2D eigenvalue weighted by molar-refractivity contribution is 6.30. The Balaban J connectivity index is 1.95. The van der Waals surface area contributed by atoms with Gasteiger partial charge < -0.3 is 9.26 Å². The first-order valence-corrected chi connectivity index (χ1v) is 7.02. The fraction of sp³-hybridized carbons (Fsp3) is 0.0588. The van der Waals surface area contributed by atoms with Crippen LogP contribution in [0.1, 0.15) is 16.1 Å². The molecule has 22 heavy (non-hydrogen) atoms. The zero-order valence-electron chi connectivity index (χ0n) is 11.7. The Morgan fingerprint density at radius 3 is 2.64 bits per heavy atom. The molecule has 110 valence electrons. The minimum absolute atomic E-state index is 0.311. The van der Waals surface area contributed by atoms with Crippen molar-refractivity contribution in [2.75, 3.05) is 0 Å². The topological polar surface area (TPSA) is 52.3 Å². The zero-order chi connectivity index (χ0) is 15.5. The molecular weight excluding hydrogens is 302 g/mol. The molecule has 0 unspecified atom stereocenters. The number of ether oxygens (including phenoxy) is 1. The fourth-order valence-electron chi connectivity index (χ4n) is 2.09. The van der Waals surface area contributed by atoms with E-state index in [0.29, 0.717) is 27.8 Å². The van der Waals surface area contributed by atoms with E-state index in [4.69, 9.17) is 20.9 Å². The summed E-state index contributed by atoms with van der Waals surface area (Å²) in [5.74, 6) is 0.253. The number of benzene rings is 2. The molecule has 0 saturated heterocycles. The Kier molecular flexibility index (Phi) is 3.94. The van der Waals surface area contributed by atoms with Crippen molar-refractivity contribution in [2.24, 2.45) is 0 Å². The van der Waals surface area contributed by atoms with Crippen molar-refractivity contribution in [3.8, 4) is 17.0 Å². The highest BCUT2D eigenvalue weighted by Gasteiger charge is 2.23. The van der Waals surface area contributed by atoms with E-state index in [-0.39, 0.29) is 0 Å². The van der Waals surface area contributed by atoms with E-state index in [1.165, 1.54) is 0 Å². The van der Waals surface area contributed by atoms with Crippen LogP contribution in [0.3, 0.4) is 0 Å². The third kappa shape index (κ3) is 2.87. The summed E-state index contributed by atoms with van der Waals surface area (Å²) < 4.78 is 10.5. The molecule has 3 aromatic rings. The molecule has 0 saturated carbocycles. The molecule has 0 amide bonds. The number of esters is 1. The van der Waals surface area contributed by atoms with Gasteiger partial charge in [0, 0.05) is 10.6 Å². The molecule has 0 aliphatic rings. The van der Waals surface area contributed by atoms with Gasteiger partial charge in [-0.25, -0.2) is 4.79 Å². The lowest BCUT2D eigenvalue weighted by Gasteiger charge is -2.05. The number of hydrogen-bond acceptors (Lipinski definition) is 4. The van der Waals surface area contributed by atoms with Gasteiger partial charge in [0.15, 0.2) is 0 Å². The summed E-state index contributed by atoms with van der Waals surface area (Å²) in [6.45, 7) is 1.67. The summed E-state index contributed by atoms with van der Waals surface area (Å²) in [6, 6.07) is 16.0. The van der Waals surface area contributed by atoms with Gasteiger partial charge in [-0.2, -0.15) is 0 Å². The van der Waals surface area contributed by atoms with Gasteiger partial charge >= 0.3 is 5.97 Å². The van der Waals surface area contributed by atoms with E-state index in [0.717, 1.165) is 5.56 Å². The summed E-state index contributed by atoms with van der Waals surface area (Å²) in [7, 11) is 0. The average Bonchev–Trinajstić information content (AvgIpc) is 2.90. The minimum atomic E-state index is -0.528. The van der Waals surface area contributed by atoms with Gasteiger partial charge in [0.05, 0.1) is 0 Å². The first kappa shape index (κ1) is 14.4. The quantitative estimate of drug-likeness (QED) is 0.527. The van der Waals surface area contributed by atoms with Crippen molar-refractivity contribution >= 4 is 17.6 Å². The molecule has 0 bridgehead atoms. The predicted octanol–water partition coefficient (Wildman–Crippen LogP) is 4.52. The highest BCUT2D eigenvalue weighted by atomic mass is 35.5. The summed E-state index contributed by atoms with van der Waals surface area (Å²) in [6.07, 6.45) is 0. The van der Waals surface area contributed by atoms with Gasteiger partial charge in [-0.3, -0.25) is 0 Å². The van der Waals surface area contributed by atoms with Crippen molar-refractivity contribution in [1.82, 2.24) is 5.16 Å². The molecule has 0 fully saturated rings. The lowest BCUT2D eigenvalue weighted by atomic mass is 10.1. The van der Waals surface area contributed by atoms with E-state index < -0.39 is 5.97 Å². The van der Waals surface area contributed by atoms with E-state index in [1.54, 1.807) is 31.2 Å². The minimum Gasteiger partial charge on any atom is -0.423 e. The number of aryl methyl sites for hydroxylation is 1. The Morgan fingerprint density at radius 1 is 1.14 bits per heavy atom. The van der Waals surface area contributed by atoms with Crippen LogP contribution >= 0.6 is 11.6 Å². The Labute approximate surface area is 132 Å². The lowest BCUT2D eigenvalue weighted by Crippen LogP contribution is -2.10. The van der Waals surface area contributed by atoms with Crippen molar-refractivity contribution in [2.45, 2.75) is 6.92 Å². The van der Waals surface area contributed by atoms with E-state index >= 15 is 0 Å². The van der Waals surface area contributed by atoms with Crippen LogP contribution in [0.2, 0.25) is 5.02 Å². The van der Waals surface area contributed by atoms with Crippen LogP contribution < -0.4 is 4.74 Å². The summed E-state index contributed by atoms with van der Waals surface area (Å²) in [5, 5.41) is 4.46. The van der Waals surface area contributed by atoms with Gasteiger partial charge in [0.1, 0.15) is 22.8 Å². The van der Waals surface area contributed by atoms with Crippen molar-refractivity contribution in [1.29, 1.82) is 0 Å². The van der Waals surface area contributed by atoms with Gasteiger partial charge in [0.25, 0.3) is 0 Å². The molecule has 0 N–H and O–H groups in total. The fourth-order valence-corrected chi connectivity index (χ4v) is 2.27. The number of carbonyl (C=O) groups is 1. The van der Waals surface area contributed by atoms with Crippen LogP contribution in [-0.4, -0.2) is 11.1 Å². The van der Waals surface area contributed by atoms with Crippen LogP contribution in [0.4, 0.5) is 0 Å². The maximum Gasteiger partial charge on any atom is 0.349 e. The van der Waals surface area contributed by atoms with Crippen LogP contribution in [0.5, 0.6) is 5.75 Å². The molecule has 5 heteroatoms. The Morgan fingerprint density at radius 2 is 1.91 bits per heavy atom. The van der Waals surface area contributed by atoms with Crippen LogP contribution in [0.25, 0.3) is 11.3 Å². The Bertz CT molecular complexity index is 812. The first-order chi connectivity index (χ1) is 10.6. The second-order valence-corrected chi connectivity index (χ2v) is 5.11. The number of aromatic nitrogens is 1. The molecule has 0 aliphatic carbocycles. The standard InChI is InChI=1S/C17H12ClNO3/c1-11-15(16(19-22-11)12-6-3-2-4-7-12)17(20)21-14-9-5-8-13(18)10-14/h2-10H,1H3. The number of rotatable bonds is 3. The van der Waals surface area contributed by atoms with Gasteiger partial charge in [-0.05, 0) is 25.1 Å². The number of hydrogen-bond donors (Lipinski definition) is 0. The summed E-state index contributed by atoms with van der Waals surface area (Å²) in [5.41, 5.74) is 1.56. The molecule has 0 radical (unpaired) electrons.